The summed E-state index contributed by atoms with van der Waals surface area (Å²) in [5, 5.41) is 9.79. The van der Waals surface area contributed by atoms with Crippen molar-refractivity contribution >= 4 is 15.8 Å². The standard InChI is InChI=1S/C20H24N6O3S/c1-13-4-5-15(30(28,29)25-7-6-20(2,3)27)8-16(13)17-11-24-19(21)18(26-17)14-9-22-12-23-10-14/h4-5,8-12,25,27H,6-7H2,1-3H3,(H2,21,24). The van der Waals surface area contributed by atoms with Gasteiger partial charge in [0.05, 0.1) is 22.4 Å². The van der Waals surface area contributed by atoms with E-state index < -0.39 is 15.6 Å². The molecule has 10 heteroatoms. The molecule has 3 aromatic rings. The fourth-order valence-corrected chi connectivity index (χ4v) is 3.84. The fourth-order valence-electron chi connectivity index (χ4n) is 2.78. The molecular formula is C20H24N6O3S. The summed E-state index contributed by atoms with van der Waals surface area (Å²) in [6.07, 6.45) is 6.36. The number of aliphatic hydroxyl groups is 1. The Balaban J connectivity index is 1.96. The van der Waals surface area contributed by atoms with E-state index in [9.17, 15) is 13.5 Å². The van der Waals surface area contributed by atoms with Crippen LogP contribution in [0, 0.1) is 6.92 Å². The van der Waals surface area contributed by atoms with E-state index in [1.165, 1.54) is 18.6 Å². The van der Waals surface area contributed by atoms with E-state index in [-0.39, 0.29) is 23.7 Å². The Morgan fingerprint density at radius 2 is 1.87 bits per heavy atom. The fraction of sp³-hybridized carbons (Fsp3) is 0.300. The van der Waals surface area contributed by atoms with Crippen LogP contribution >= 0.6 is 0 Å². The number of nitrogen functional groups attached to an aromatic ring is 1. The number of hydrogen-bond donors (Lipinski definition) is 3. The van der Waals surface area contributed by atoms with Gasteiger partial charge in [-0.1, -0.05) is 6.07 Å². The minimum Gasteiger partial charge on any atom is -0.390 e. The van der Waals surface area contributed by atoms with Gasteiger partial charge in [-0.3, -0.25) is 0 Å². The van der Waals surface area contributed by atoms with Crippen molar-refractivity contribution in [2.75, 3.05) is 12.3 Å². The molecule has 4 N–H and O–H groups in total. The number of nitrogens with zero attached hydrogens (tertiary/aromatic N) is 4. The van der Waals surface area contributed by atoms with Crippen LogP contribution in [0.2, 0.25) is 0 Å². The minimum atomic E-state index is -3.75. The molecule has 0 aliphatic carbocycles. The van der Waals surface area contributed by atoms with E-state index in [0.29, 0.717) is 22.5 Å². The van der Waals surface area contributed by atoms with Crippen molar-refractivity contribution in [3.05, 3.63) is 48.7 Å². The Kier molecular flexibility index (Phi) is 6.11. The second-order valence-electron chi connectivity index (χ2n) is 7.55. The molecule has 0 aliphatic rings. The summed E-state index contributed by atoms with van der Waals surface area (Å²) in [5.74, 6) is 0.225. The van der Waals surface area contributed by atoms with Gasteiger partial charge in [0.1, 0.15) is 17.8 Å². The molecule has 1 aromatic carbocycles. The maximum absolute atomic E-state index is 12.7. The smallest absolute Gasteiger partial charge is 0.240 e. The van der Waals surface area contributed by atoms with Gasteiger partial charge in [-0.25, -0.2) is 33.1 Å². The first-order valence-corrected chi connectivity index (χ1v) is 10.8. The van der Waals surface area contributed by atoms with Gasteiger partial charge in [0.15, 0.2) is 0 Å². The Morgan fingerprint density at radius 1 is 1.17 bits per heavy atom. The van der Waals surface area contributed by atoms with Crippen molar-refractivity contribution in [1.82, 2.24) is 24.7 Å². The van der Waals surface area contributed by atoms with Gasteiger partial charge in [-0.15, -0.1) is 0 Å². The van der Waals surface area contributed by atoms with Gasteiger partial charge in [0.25, 0.3) is 0 Å². The molecule has 0 atom stereocenters. The lowest BCUT2D eigenvalue weighted by molar-refractivity contribution is 0.0728. The number of nitrogens with two attached hydrogens (primary N) is 1. The zero-order chi connectivity index (χ0) is 21.9. The van der Waals surface area contributed by atoms with E-state index >= 15 is 0 Å². The molecule has 2 heterocycles. The molecule has 3 rings (SSSR count). The number of anilines is 1. The van der Waals surface area contributed by atoms with Gasteiger partial charge in [0, 0.05) is 30.1 Å². The van der Waals surface area contributed by atoms with Crippen molar-refractivity contribution in [1.29, 1.82) is 0 Å². The van der Waals surface area contributed by atoms with Crippen molar-refractivity contribution in [2.24, 2.45) is 0 Å². The quantitative estimate of drug-likeness (QED) is 0.518. The summed E-state index contributed by atoms with van der Waals surface area (Å²) >= 11 is 0. The molecule has 9 nitrogen and oxygen atoms in total. The summed E-state index contributed by atoms with van der Waals surface area (Å²) in [4.78, 5) is 16.8. The van der Waals surface area contributed by atoms with Gasteiger partial charge in [0.2, 0.25) is 10.0 Å². The zero-order valence-electron chi connectivity index (χ0n) is 17.0. The van der Waals surface area contributed by atoms with Crippen molar-refractivity contribution in [3.63, 3.8) is 0 Å². The van der Waals surface area contributed by atoms with Crippen LogP contribution in [0.1, 0.15) is 25.8 Å². The Morgan fingerprint density at radius 3 is 2.53 bits per heavy atom. The van der Waals surface area contributed by atoms with Crippen LogP contribution in [-0.4, -0.2) is 45.6 Å². The van der Waals surface area contributed by atoms with Crippen LogP contribution in [0.25, 0.3) is 22.5 Å². The van der Waals surface area contributed by atoms with Gasteiger partial charge in [-0.2, -0.15) is 0 Å². The summed E-state index contributed by atoms with van der Waals surface area (Å²) < 4.78 is 27.9. The molecule has 0 bridgehead atoms. The Labute approximate surface area is 175 Å². The zero-order valence-corrected chi connectivity index (χ0v) is 17.8. The van der Waals surface area contributed by atoms with Crippen LogP contribution in [0.5, 0.6) is 0 Å². The number of benzene rings is 1. The van der Waals surface area contributed by atoms with Crippen molar-refractivity contribution in [2.45, 2.75) is 37.7 Å². The first kappa shape index (κ1) is 21.8. The SMILES string of the molecule is Cc1ccc(S(=O)(=O)NCCC(C)(C)O)cc1-c1cnc(N)c(-c2cncnc2)n1. The molecule has 0 amide bonds. The van der Waals surface area contributed by atoms with Crippen LogP contribution in [-0.2, 0) is 10.0 Å². The third-order valence-electron chi connectivity index (χ3n) is 4.46. The van der Waals surface area contributed by atoms with E-state index in [2.05, 4.69) is 24.7 Å². The van der Waals surface area contributed by atoms with Crippen LogP contribution in [0.4, 0.5) is 5.82 Å². The first-order valence-electron chi connectivity index (χ1n) is 9.28. The number of rotatable bonds is 7. The minimum absolute atomic E-state index is 0.0991. The Hall–Kier alpha value is -2.95. The molecule has 0 aliphatic heterocycles. The maximum Gasteiger partial charge on any atom is 0.240 e. The molecule has 0 radical (unpaired) electrons. The van der Waals surface area contributed by atoms with Crippen molar-refractivity contribution < 1.29 is 13.5 Å². The van der Waals surface area contributed by atoms with Crippen LogP contribution < -0.4 is 10.5 Å². The normalized spacial score (nSPS) is 12.1. The Bertz CT molecular complexity index is 1140. The van der Waals surface area contributed by atoms with Gasteiger partial charge < -0.3 is 10.8 Å². The summed E-state index contributed by atoms with van der Waals surface area (Å²) in [7, 11) is -3.75. The predicted octanol–water partition coefficient (Wildman–Crippen LogP) is 1.93. The average Bonchev–Trinajstić information content (AvgIpc) is 2.68. The topological polar surface area (TPSA) is 144 Å². The monoisotopic (exact) mass is 428 g/mol. The lowest BCUT2D eigenvalue weighted by atomic mass is 10.1. The highest BCUT2D eigenvalue weighted by Crippen LogP contribution is 2.28. The van der Waals surface area contributed by atoms with E-state index in [1.54, 1.807) is 38.4 Å². The first-order chi connectivity index (χ1) is 14.1. The van der Waals surface area contributed by atoms with Crippen LogP contribution in [0.3, 0.4) is 0 Å². The molecule has 2 aromatic heterocycles. The highest BCUT2D eigenvalue weighted by molar-refractivity contribution is 7.89. The summed E-state index contributed by atoms with van der Waals surface area (Å²) in [6.45, 7) is 5.23. The van der Waals surface area contributed by atoms with Gasteiger partial charge in [-0.05, 0) is 44.9 Å². The van der Waals surface area contributed by atoms with Gasteiger partial charge >= 0.3 is 0 Å². The number of aromatic nitrogens is 4. The largest absolute Gasteiger partial charge is 0.390 e. The van der Waals surface area contributed by atoms with E-state index in [1.807, 2.05) is 6.92 Å². The predicted molar refractivity (Wildman–Crippen MR) is 114 cm³/mol. The average molecular weight is 429 g/mol. The molecule has 0 fully saturated rings. The number of sulfonamides is 1. The van der Waals surface area contributed by atoms with E-state index in [4.69, 9.17) is 5.73 Å². The molecule has 158 valence electrons. The molecular weight excluding hydrogens is 404 g/mol. The maximum atomic E-state index is 12.7. The van der Waals surface area contributed by atoms with Crippen molar-refractivity contribution in [3.8, 4) is 22.5 Å². The molecule has 0 saturated carbocycles. The van der Waals surface area contributed by atoms with Crippen LogP contribution in [0.15, 0.2) is 48.0 Å². The highest BCUT2D eigenvalue weighted by Gasteiger charge is 2.19. The second kappa shape index (κ2) is 8.42. The third-order valence-corrected chi connectivity index (χ3v) is 5.92. The number of aryl methyl sites for hydroxylation is 1. The van der Waals surface area contributed by atoms with E-state index in [0.717, 1.165) is 5.56 Å². The summed E-state index contributed by atoms with van der Waals surface area (Å²) in [6, 6.07) is 4.79. The number of hydrogen-bond acceptors (Lipinski definition) is 8. The second-order valence-corrected chi connectivity index (χ2v) is 9.32. The summed E-state index contributed by atoms with van der Waals surface area (Å²) in [5.41, 5.74) is 7.97. The number of nitrogens with one attached hydrogen (secondary N) is 1. The lowest BCUT2D eigenvalue weighted by Gasteiger charge is -2.17. The highest BCUT2D eigenvalue weighted by atomic mass is 32.2. The molecule has 0 saturated heterocycles. The molecule has 30 heavy (non-hydrogen) atoms. The lowest BCUT2D eigenvalue weighted by Crippen LogP contribution is -2.30. The molecule has 0 spiro atoms. The molecule has 0 unspecified atom stereocenters. The third kappa shape index (κ3) is 5.15.